The molecule has 0 aromatic carbocycles. The summed E-state index contributed by atoms with van der Waals surface area (Å²) in [6.45, 7) is 5.88. The third-order valence-corrected chi connectivity index (χ3v) is 1.61. The van der Waals surface area contributed by atoms with Gasteiger partial charge in [0.05, 0.1) is 0 Å². The minimum Gasteiger partial charge on any atom is -0.307 e. The van der Waals surface area contributed by atoms with Gasteiger partial charge in [-0.1, -0.05) is 19.6 Å². The molecule has 1 aromatic heterocycles. The summed E-state index contributed by atoms with van der Waals surface area (Å²) in [6.07, 6.45) is 2.73. The van der Waals surface area contributed by atoms with Crippen LogP contribution in [0.25, 0.3) is 5.70 Å². The number of hydrogen-bond donors (Lipinski definition) is 1. The van der Waals surface area contributed by atoms with Crippen molar-refractivity contribution in [2.24, 2.45) is 0 Å². The first-order valence-electron chi connectivity index (χ1n) is 3.66. The van der Waals surface area contributed by atoms with Crippen LogP contribution in [0.3, 0.4) is 0 Å². The number of pyridine rings is 1. The summed E-state index contributed by atoms with van der Waals surface area (Å²) in [4.78, 5) is 0. The molecule has 0 aliphatic rings. The van der Waals surface area contributed by atoms with Gasteiger partial charge in [-0.15, -0.1) is 0 Å². The maximum Gasteiger partial charge on any atom is 0.128 e. The lowest BCUT2D eigenvalue weighted by atomic mass is 10.3. The molecule has 1 heterocycles. The number of hydrogen-bond acceptors (Lipinski definition) is 1. The summed E-state index contributed by atoms with van der Waals surface area (Å²) in [6, 6.07) is 5.50. The summed E-state index contributed by atoms with van der Waals surface area (Å²) in [5, 5.41) is 7.51. The van der Waals surface area contributed by atoms with Crippen LogP contribution in [0.2, 0.25) is 0 Å². The van der Waals surface area contributed by atoms with Gasteiger partial charge < -0.3 is 4.57 Å². The van der Waals surface area contributed by atoms with Crippen molar-refractivity contribution in [2.75, 3.05) is 0 Å². The lowest BCUT2D eigenvalue weighted by Gasteiger charge is -2.05. The fraction of sp³-hybridized carbons (Fsp3) is 0.222. The Balaban J connectivity index is 3.14. The first-order valence-corrected chi connectivity index (χ1v) is 3.66. The van der Waals surface area contributed by atoms with Gasteiger partial charge in [-0.25, -0.2) is 0 Å². The lowest BCUT2D eigenvalue weighted by molar-refractivity contribution is 0.909. The normalized spacial score (nSPS) is 9.55. The fourth-order valence-electron chi connectivity index (χ4n) is 0.889. The van der Waals surface area contributed by atoms with E-state index in [1.54, 1.807) is 10.6 Å². The van der Waals surface area contributed by atoms with Gasteiger partial charge in [0.25, 0.3) is 0 Å². The second-order valence-electron chi connectivity index (χ2n) is 2.38. The Hall–Kier alpha value is -1.31. The first kappa shape index (κ1) is 7.79. The van der Waals surface area contributed by atoms with Crippen LogP contribution in [0.4, 0.5) is 0 Å². The van der Waals surface area contributed by atoms with Crippen LogP contribution in [0.1, 0.15) is 13.3 Å². The van der Waals surface area contributed by atoms with E-state index in [4.69, 9.17) is 5.41 Å². The topological polar surface area (TPSA) is 28.8 Å². The number of aromatic nitrogens is 1. The highest BCUT2D eigenvalue weighted by Crippen LogP contribution is 2.00. The van der Waals surface area contributed by atoms with Gasteiger partial charge in [-0.05, 0) is 18.6 Å². The molecule has 0 atom stereocenters. The predicted octanol–water partition coefficient (Wildman–Crippen LogP) is 1.85. The standard InChI is InChI=1S/C9H12N2/c1-3-8(2)11-7-5-4-6-9(11)10/h4-7,10H,2-3H2,1H3. The molecule has 0 unspecified atom stereocenters. The summed E-state index contributed by atoms with van der Waals surface area (Å²) in [5.74, 6) is 0. The molecule has 58 valence electrons. The van der Waals surface area contributed by atoms with Gasteiger partial charge in [-0.2, -0.15) is 0 Å². The third kappa shape index (κ3) is 1.58. The molecule has 0 aliphatic carbocycles. The molecule has 1 aromatic rings. The lowest BCUT2D eigenvalue weighted by Crippen LogP contribution is -2.16. The molecule has 0 aliphatic heterocycles. The van der Waals surface area contributed by atoms with Crippen molar-refractivity contribution in [2.45, 2.75) is 13.3 Å². The molecule has 0 radical (unpaired) electrons. The van der Waals surface area contributed by atoms with Gasteiger partial charge in [0.15, 0.2) is 0 Å². The quantitative estimate of drug-likeness (QED) is 0.663. The van der Waals surface area contributed by atoms with E-state index < -0.39 is 0 Å². The van der Waals surface area contributed by atoms with Crippen molar-refractivity contribution in [3.8, 4) is 0 Å². The molecular weight excluding hydrogens is 136 g/mol. The number of allylic oxidation sites excluding steroid dienone is 1. The van der Waals surface area contributed by atoms with Crippen LogP contribution in [0.5, 0.6) is 0 Å². The number of rotatable bonds is 2. The minimum absolute atomic E-state index is 0.486. The zero-order valence-electron chi connectivity index (χ0n) is 6.67. The van der Waals surface area contributed by atoms with Gasteiger partial charge in [0, 0.05) is 11.9 Å². The molecule has 2 nitrogen and oxygen atoms in total. The first-order chi connectivity index (χ1) is 5.25. The summed E-state index contributed by atoms with van der Waals surface area (Å²) in [5.41, 5.74) is 1.44. The Bertz CT molecular complexity index is 309. The highest BCUT2D eigenvalue weighted by atomic mass is 15.0. The average Bonchev–Trinajstić information content (AvgIpc) is 2.04. The predicted molar refractivity (Wildman–Crippen MR) is 45.9 cm³/mol. The van der Waals surface area contributed by atoms with E-state index in [1.165, 1.54) is 0 Å². The molecule has 2 heteroatoms. The fourth-order valence-corrected chi connectivity index (χ4v) is 0.889. The van der Waals surface area contributed by atoms with Crippen molar-refractivity contribution in [1.29, 1.82) is 5.41 Å². The molecule has 0 saturated carbocycles. The van der Waals surface area contributed by atoms with Gasteiger partial charge in [0.1, 0.15) is 5.49 Å². The molecule has 0 spiro atoms. The second kappa shape index (κ2) is 3.19. The second-order valence-corrected chi connectivity index (χ2v) is 2.38. The van der Waals surface area contributed by atoms with E-state index in [2.05, 4.69) is 6.58 Å². The van der Waals surface area contributed by atoms with Crippen LogP contribution >= 0.6 is 0 Å². The Kier molecular flexibility index (Phi) is 2.26. The smallest absolute Gasteiger partial charge is 0.128 e. The average molecular weight is 148 g/mol. The van der Waals surface area contributed by atoms with Crippen LogP contribution in [0, 0.1) is 5.41 Å². The van der Waals surface area contributed by atoms with E-state index in [-0.39, 0.29) is 0 Å². The molecule has 0 saturated heterocycles. The molecular formula is C9H12N2. The van der Waals surface area contributed by atoms with Crippen LogP contribution < -0.4 is 5.49 Å². The van der Waals surface area contributed by atoms with Crippen molar-refractivity contribution >= 4 is 5.70 Å². The van der Waals surface area contributed by atoms with Crippen molar-refractivity contribution in [3.63, 3.8) is 0 Å². The molecule has 0 amide bonds. The number of nitrogens with one attached hydrogen (secondary N) is 1. The molecule has 11 heavy (non-hydrogen) atoms. The number of nitrogens with zero attached hydrogens (tertiary/aromatic N) is 1. The van der Waals surface area contributed by atoms with Crippen LogP contribution in [-0.4, -0.2) is 4.57 Å². The Labute approximate surface area is 66.3 Å². The van der Waals surface area contributed by atoms with E-state index in [1.807, 2.05) is 25.3 Å². The SMILES string of the molecule is C=C(CC)n1ccccc1=N. The van der Waals surface area contributed by atoms with E-state index in [9.17, 15) is 0 Å². The Morgan fingerprint density at radius 3 is 2.91 bits per heavy atom. The van der Waals surface area contributed by atoms with Gasteiger partial charge in [-0.3, -0.25) is 5.41 Å². The van der Waals surface area contributed by atoms with Crippen molar-refractivity contribution in [1.82, 2.24) is 4.57 Å². The zero-order valence-corrected chi connectivity index (χ0v) is 6.67. The maximum absolute atomic E-state index is 7.51. The summed E-state index contributed by atoms with van der Waals surface area (Å²) in [7, 11) is 0. The molecule has 0 bridgehead atoms. The third-order valence-electron chi connectivity index (χ3n) is 1.61. The Morgan fingerprint density at radius 2 is 2.36 bits per heavy atom. The summed E-state index contributed by atoms with van der Waals surface area (Å²) < 4.78 is 1.78. The van der Waals surface area contributed by atoms with Crippen LogP contribution in [0.15, 0.2) is 31.0 Å². The van der Waals surface area contributed by atoms with Crippen molar-refractivity contribution in [3.05, 3.63) is 36.5 Å². The minimum atomic E-state index is 0.486. The molecule has 0 fully saturated rings. The monoisotopic (exact) mass is 148 g/mol. The van der Waals surface area contributed by atoms with E-state index >= 15 is 0 Å². The van der Waals surface area contributed by atoms with Gasteiger partial charge in [0.2, 0.25) is 0 Å². The molecule has 1 N–H and O–H groups in total. The van der Waals surface area contributed by atoms with Crippen molar-refractivity contribution < 1.29 is 0 Å². The van der Waals surface area contributed by atoms with Gasteiger partial charge >= 0.3 is 0 Å². The zero-order chi connectivity index (χ0) is 8.27. The highest BCUT2D eigenvalue weighted by Gasteiger charge is 1.91. The molecule has 1 rings (SSSR count). The largest absolute Gasteiger partial charge is 0.307 e. The van der Waals surface area contributed by atoms with E-state index in [0.29, 0.717) is 5.49 Å². The maximum atomic E-state index is 7.51. The van der Waals surface area contributed by atoms with Crippen LogP contribution in [-0.2, 0) is 0 Å². The Morgan fingerprint density at radius 1 is 1.64 bits per heavy atom. The summed E-state index contributed by atoms with van der Waals surface area (Å²) >= 11 is 0. The highest BCUT2D eigenvalue weighted by molar-refractivity contribution is 5.39. The van der Waals surface area contributed by atoms with E-state index in [0.717, 1.165) is 12.1 Å².